The minimum Gasteiger partial charge on any atom is -0.461 e. The van der Waals surface area contributed by atoms with Crippen molar-refractivity contribution >= 4 is 11.6 Å². The number of aliphatic hydroxyl groups excluding tert-OH is 1. The molecule has 1 atom stereocenters. The van der Waals surface area contributed by atoms with Gasteiger partial charge in [-0.1, -0.05) is 5.16 Å². The molecule has 0 bridgehead atoms. The van der Waals surface area contributed by atoms with E-state index in [4.69, 9.17) is 14.0 Å². The SMILES string of the molecule is CC(CO)NC(=O)c1ccc(NCc2nc(-c3ccco3)no2)cc1. The lowest BCUT2D eigenvalue weighted by Gasteiger charge is -2.11. The molecule has 1 amide bonds. The number of aliphatic hydroxyl groups is 1. The van der Waals surface area contributed by atoms with Crippen LogP contribution in [0.2, 0.25) is 0 Å². The van der Waals surface area contributed by atoms with E-state index in [1.165, 1.54) is 0 Å². The van der Waals surface area contributed by atoms with Crippen molar-refractivity contribution in [2.45, 2.75) is 19.5 Å². The van der Waals surface area contributed by atoms with Gasteiger partial charge in [-0.2, -0.15) is 4.98 Å². The van der Waals surface area contributed by atoms with Crippen LogP contribution in [-0.4, -0.2) is 33.8 Å². The number of nitrogens with one attached hydrogen (secondary N) is 2. The third-order valence-corrected chi connectivity index (χ3v) is 3.45. The van der Waals surface area contributed by atoms with Crippen molar-refractivity contribution in [3.63, 3.8) is 0 Å². The van der Waals surface area contributed by atoms with Gasteiger partial charge in [0.15, 0.2) is 5.76 Å². The minimum atomic E-state index is -0.286. The van der Waals surface area contributed by atoms with Gasteiger partial charge in [-0.15, -0.1) is 0 Å². The van der Waals surface area contributed by atoms with E-state index in [9.17, 15) is 4.79 Å². The molecule has 0 aliphatic rings. The fourth-order valence-corrected chi connectivity index (χ4v) is 2.10. The monoisotopic (exact) mass is 342 g/mol. The standard InChI is InChI=1S/C17H18N4O4/c1-11(10-22)19-17(23)12-4-6-13(7-5-12)18-9-15-20-16(21-25-15)14-3-2-8-24-14/h2-8,11,18,22H,9-10H2,1H3,(H,19,23). The van der Waals surface area contributed by atoms with Crippen molar-refractivity contribution in [3.05, 3.63) is 54.1 Å². The Morgan fingerprint density at radius 3 is 2.76 bits per heavy atom. The number of aromatic nitrogens is 2. The van der Waals surface area contributed by atoms with Crippen LogP contribution < -0.4 is 10.6 Å². The van der Waals surface area contributed by atoms with Gasteiger partial charge >= 0.3 is 0 Å². The second kappa shape index (κ2) is 7.63. The Kier molecular flexibility index (Phi) is 5.10. The molecule has 2 aromatic heterocycles. The first-order chi connectivity index (χ1) is 12.2. The highest BCUT2D eigenvalue weighted by Gasteiger charge is 2.11. The van der Waals surface area contributed by atoms with Gasteiger partial charge in [-0.25, -0.2) is 0 Å². The van der Waals surface area contributed by atoms with Gasteiger partial charge < -0.3 is 24.7 Å². The molecule has 0 aliphatic carbocycles. The zero-order valence-corrected chi connectivity index (χ0v) is 13.6. The summed E-state index contributed by atoms with van der Waals surface area (Å²) in [5.74, 6) is 1.13. The molecule has 0 fully saturated rings. The maximum Gasteiger partial charge on any atom is 0.251 e. The number of anilines is 1. The van der Waals surface area contributed by atoms with E-state index in [0.29, 0.717) is 29.6 Å². The third-order valence-electron chi connectivity index (χ3n) is 3.45. The number of amides is 1. The first-order valence-electron chi connectivity index (χ1n) is 7.78. The molecule has 8 heteroatoms. The Labute approximate surface area is 143 Å². The first kappa shape index (κ1) is 16.7. The fraction of sp³-hybridized carbons (Fsp3) is 0.235. The van der Waals surface area contributed by atoms with Crippen molar-refractivity contribution in [3.8, 4) is 11.6 Å². The number of nitrogens with zero attached hydrogens (tertiary/aromatic N) is 2. The summed E-state index contributed by atoms with van der Waals surface area (Å²) in [5.41, 5.74) is 1.33. The average molecular weight is 342 g/mol. The van der Waals surface area contributed by atoms with Crippen molar-refractivity contribution < 1.29 is 18.8 Å². The Morgan fingerprint density at radius 2 is 2.08 bits per heavy atom. The quantitative estimate of drug-likeness (QED) is 0.602. The number of benzene rings is 1. The van der Waals surface area contributed by atoms with Gasteiger partial charge in [-0.05, 0) is 43.3 Å². The predicted molar refractivity (Wildman–Crippen MR) is 89.8 cm³/mol. The van der Waals surface area contributed by atoms with Gasteiger partial charge in [0, 0.05) is 17.3 Å². The average Bonchev–Trinajstić information content (AvgIpc) is 3.31. The van der Waals surface area contributed by atoms with E-state index >= 15 is 0 Å². The molecular weight excluding hydrogens is 324 g/mol. The summed E-state index contributed by atoms with van der Waals surface area (Å²) < 4.78 is 10.4. The molecule has 3 N–H and O–H groups in total. The zero-order valence-electron chi connectivity index (χ0n) is 13.6. The summed E-state index contributed by atoms with van der Waals surface area (Å²) in [4.78, 5) is 16.2. The number of carbonyl (C=O) groups is 1. The molecule has 8 nitrogen and oxygen atoms in total. The molecule has 0 saturated carbocycles. The van der Waals surface area contributed by atoms with Crippen LogP contribution in [0, 0.1) is 0 Å². The van der Waals surface area contributed by atoms with E-state index in [0.717, 1.165) is 5.69 Å². The molecule has 0 radical (unpaired) electrons. The summed E-state index contributed by atoms with van der Waals surface area (Å²) in [6.07, 6.45) is 1.54. The first-order valence-corrected chi connectivity index (χ1v) is 7.78. The number of rotatable bonds is 7. The van der Waals surface area contributed by atoms with Crippen LogP contribution >= 0.6 is 0 Å². The van der Waals surface area contributed by atoms with E-state index in [1.54, 1.807) is 49.6 Å². The van der Waals surface area contributed by atoms with E-state index in [1.807, 2.05) is 0 Å². The summed E-state index contributed by atoms with van der Waals surface area (Å²) in [6.45, 7) is 1.98. The van der Waals surface area contributed by atoms with Gasteiger partial charge in [0.1, 0.15) is 0 Å². The molecule has 0 saturated heterocycles. The van der Waals surface area contributed by atoms with Crippen LogP contribution in [0.3, 0.4) is 0 Å². The van der Waals surface area contributed by atoms with Crippen molar-refractivity contribution in [2.24, 2.45) is 0 Å². The maximum atomic E-state index is 11.9. The normalized spacial score (nSPS) is 11.9. The lowest BCUT2D eigenvalue weighted by atomic mass is 10.2. The maximum absolute atomic E-state index is 11.9. The van der Waals surface area contributed by atoms with Crippen molar-refractivity contribution in [2.75, 3.05) is 11.9 Å². The van der Waals surface area contributed by atoms with E-state index in [2.05, 4.69) is 20.8 Å². The topological polar surface area (TPSA) is 113 Å². The lowest BCUT2D eigenvalue weighted by Crippen LogP contribution is -2.34. The molecule has 1 aromatic carbocycles. The van der Waals surface area contributed by atoms with Crippen LogP contribution in [-0.2, 0) is 6.54 Å². The second-order valence-corrected chi connectivity index (χ2v) is 5.48. The molecule has 0 spiro atoms. The highest BCUT2D eigenvalue weighted by molar-refractivity contribution is 5.94. The summed E-state index contributed by atoms with van der Waals surface area (Å²) in [6, 6.07) is 10.2. The summed E-state index contributed by atoms with van der Waals surface area (Å²) in [5, 5.41) is 18.6. The summed E-state index contributed by atoms with van der Waals surface area (Å²) >= 11 is 0. The molecule has 1 unspecified atom stereocenters. The second-order valence-electron chi connectivity index (χ2n) is 5.48. The van der Waals surface area contributed by atoms with Crippen molar-refractivity contribution in [1.29, 1.82) is 0 Å². The third kappa shape index (κ3) is 4.24. The van der Waals surface area contributed by atoms with Gasteiger partial charge in [-0.3, -0.25) is 4.79 Å². The largest absolute Gasteiger partial charge is 0.461 e. The molecular formula is C17H18N4O4. The van der Waals surface area contributed by atoms with Crippen LogP contribution in [0.1, 0.15) is 23.2 Å². The fourth-order valence-electron chi connectivity index (χ4n) is 2.10. The van der Waals surface area contributed by atoms with Gasteiger partial charge in [0.25, 0.3) is 5.91 Å². The molecule has 130 valence electrons. The zero-order chi connectivity index (χ0) is 17.6. The Hall–Kier alpha value is -3.13. The number of hydrogen-bond acceptors (Lipinski definition) is 7. The van der Waals surface area contributed by atoms with E-state index in [-0.39, 0.29) is 18.6 Å². The molecule has 2 heterocycles. The Bertz CT molecular complexity index is 812. The lowest BCUT2D eigenvalue weighted by molar-refractivity contribution is 0.0922. The number of furan rings is 1. The molecule has 25 heavy (non-hydrogen) atoms. The summed E-state index contributed by atoms with van der Waals surface area (Å²) in [7, 11) is 0. The van der Waals surface area contributed by atoms with Crippen LogP contribution in [0.25, 0.3) is 11.6 Å². The van der Waals surface area contributed by atoms with Gasteiger partial charge in [0.05, 0.1) is 19.4 Å². The minimum absolute atomic E-state index is 0.102. The molecule has 3 rings (SSSR count). The predicted octanol–water partition coefficient (Wildman–Crippen LogP) is 2.05. The molecule has 3 aromatic rings. The number of carbonyl (C=O) groups excluding carboxylic acids is 1. The van der Waals surface area contributed by atoms with Crippen LogP contribution in [0.4, 0.5) is 5.69 Å². The highest BCUT2D eigenvalue weighted by Crippen LogP contribution is 2.16. The van der Waals surface area contributed by atoms with Crippen molar-refractivity contribution in [1.82, 2.24) is 15.5 Å². The molecule has 0 aliphatic heterocycles. The smallest absolute Gasteiger partial charge is 0.251 e. The van der Waals surface area contributed by atoms with Crippen LogP contribution in [0.5, 0.6) is 0 Å². The van der Waals surface area contributed by atoms with Crippen LogP contribution in [0.15, 0.2) is 51.6 Å². The van der Waals surface area contributed by atoms with Gasteiger partial charge in [0.2, 0.25) is 11.7 Å². The number of hydrogen-bond donors (Lipinski definition) is 3. The highest BCUT2D eigenvalue weighted by atomic mass is 16.5. The Balaban J connectivity index is 1.56. The van der Waals surface area contributed by atoms with E-state index < -0.39 is 0 Å². The Morgan fingerprint density at radius 1 is 1.28 bits per heavy atom.